The van der Waals surface area contributed by atoms with Crippen LogP contribution in [-0.4, -0.2) is 14.3 Å². The molecule has 0 saturated carbocycles. The predicted molar refractivity (Wildman–Crippen MR) is 75.2 cm³/mol. The van der Waals surface area contributed by atoms with Crippen molar-refractivity contribution in [1.29, 1.82) is 0 Å². The molecular weight excluding hydrogens is 349 g/mol. The van der Waals surface area contributed by atoms with Gasteiger partial charge in [-0.1, -0.05) is 34.1 Å². The van der Waals surface area contributed by atoms with E-state index in [1.807, 2.05) is 4.72 Å². The highest BCUT2D eigenvalue weighted by atomic mass is 79.9. The van der Waals surface area contributed by atoms with Gasteiger partial charge in [0, 0.05) is 4.47 Å². The summed E-state index contributed by atoms with van der Waals surface area (Å²) in [6.07, 6.45) is 0. The van der Waals surface area contributed by atoms with Gasteiger partial charge in [0.15, 0.2) is 0 Å². The van der Waals surface area contributed by atoms with Crippen LogP contribution in [0, 0.1) is 5.82 Å². The lowest BCUT2D eigenvalue weighted by Gasteiger charge is -2.07. The first kappa shape index (κ1) is 14.7. The van der Waals surface area contributed by atoms with E-state index in [-0.39, 0.29) is 10.5 Å². The Morgan fingerprint density at radius 1 is 1.10 bits per heavy atom. The van der Waals surface area contributed by atoms with Gasteiger partial charge in [0.1, 0.15) is 5.82 Å². The highest BCUT2D eigenvalue weighted by Crippen LogP contribution is 2.16. The van der Waals surface area contributed by atoms with Crippen LogP contribution in [0.2, 0.25) is 0 Å². The molecule has 1 amide bonds. The van der Waals surface area contributed by atoms with Gasteiger partial charge in [-0.25, -0.2) is 17.5 Å². The largest absolute Gasteiger partial charge is 0.268 e. The number of hydrogen-bond acceptors (Lipinski definition) is 3. The average molecular weight is 358 g/mol. The van der Waals surface area contributed by atoms with Crippen molar-refractivity contribution in [2.24, 2.45) is 0 Å². The van der Waals surface area contributed by atoms with Crippen LogP contribution in [0.25, 0.3) is 0 Å². The molecule has 0 unspecified atom stereocenters. The molecule has 2 rings (SSSR count). The van der Waals surface area contributed by atoms with Gasteiger partial charge in [-0.3, -0.25) is 4.79 Å². The summed E-state index contributed by atoms with van der Waals surface area (Å²) in [7, 11) is -4.01. The van der Waals surface area contributed by atoms with E-state index in [4.69, 9.17) is 0 Å². The first-order chi connectivity index (χ1) is 9.40. The maximum atomic E-state index is 13.6. The Morgan fingerprint density at radius 3 is 2.35 bits per heavy atom. The van der Waals surface area contributed by atoms with Crippen LogP contribution < -0.4 is 4.72 Å². The Labute approximate surface area is 123 Å². The Hall–Kier alpha value is -1.73. The fraction of sp³-hybridized carbons (Fsp3) is 0. The minimum Gasteiger partial charge on any atom is -0.268 e. The third-order valence-electron chi connectivity index (χ3n) is 2.46. The van der Waals surface area contributed by atoms with Crippen LogP contribution in [0.1, 0.15) is 10.4 Å². The molecule has 0 aromatic heterocycles. The molecule has 20 heavy (non-hydrogen) atoms. The number of nitrogens with one attached hydrogen (secondary N) is 1. The van der Waals surface area contributed by atoms with Gasteiger partial charge >= 0.3 is 0 Å². The SMILES string of the molecule is O=C(NS(=O)(=O)c1ccccc1)c1ccc(Br)cc1F. The quantitative estimate of drug-likeness (QED) is 0.918. The molecular formula is C13H9BrFNO3S. The molecule has 0 spiro atoms. The fourth-order valence-corrected chi connectivity index (χ4v) is 2.83. The monoisotopic (exact) mass is 357 g/mol. The highest BCUT2D eigenvalue weighted by molar-refractivity contribution is 9.10. The molecule has 2 aromatic rings. The van der Waals surface area contributed by atoms with Gasteiger partial charge in [0.25, 0.3) is 15.9 Å². The van der Waals surface area contributed by atoms with E-state index in [0.717, 1.165) is 6.07 Å². The Balaban J connectivity index is 2.28. The zero-order chi connectivity index (χ0) is 14.8. The summed E-state index contributed by atoms with van der Waals surface area (Å²) in [5.74, 6) is -1.82. The third-order valence-corrected chi connectivity index (χ3v) is 4.30. The second-order valence-electron chi connectivity index (χ2n) is 3.87. The second kappa shape index (κ2) is 5.72. The van der Waals surface area contributed by atoms with E-state index < -0.39 is 21.7 Å². The van der Waals surface area contributed by atoms with Crippen LogP contribution in [0.4, 0.5) is 4.39 Å². The van der Waals surface area contributed by atoms with Crippen LogP contribution in [0.15, 0.2) is 57.9 Å². The molecule has 0 bridgehead atoms. The number of sulfonamides is 1. The number of carbonyl (C=O) groups is 1. The lowest BCUT2D eigenvalue weighted by atomic mass is 10.2. The van der Waals surface area contributed by atoms with Crippen molar-refractivity contribution < 1.29 is 17.6 Å². The van der Waals surface area contributed by atoms with E-state index in [1.54, 1.807) is 6.07 Å². The minimum absolute atomic E-state index is 0.0640. The lowest BCUT2D eigenvalue weighted by Crippen LogP contribution is -2.31. The van der Waals surface area contributed by atoms with Gasteiger partial charge in [-0.05, 0) is 30.3 Å². The Kier molecular flexibility index (Phi) is 4.20. The average Bonchev–Trinajstić information content (AvgIpc) is 2.39. The first-order valence-electron chi connectivity index (χ1n) is 5.47. The van der Waals surface area contributed by atoms with Crippen LogP contribution >= 0.6 is 15.9 Å². The van der Waals surface area contributed by atoms with E-state index in [9.17, 15) is 17.6 Å². The number of benzene rings is 2. The van der Waals surface area contributed by atoms with Gasteiger partial charge in [0.2, 0.25) is 0 Å². The summed E-state index contributed by atoms with van der Waals surface area (Å²) in [5.41, 5.74) is -0.340. The Bertz CT molecular complexity index is 747. The van der Waals surface area contributed by atoms with Crippen molar-refractivity contribution in [2.75, 3.05) is 0 Å². The molecule has 0 heterocycles. The van der Waals surface area contributed by atoms with Gasteiger partial charge in [-0.2, -0.15) is 0 Å². The normalized spacial score (nSPS) is 11.1. The second-order valence-corrected chi connectivity index (χ2v) is 6.47. The van der Waals surface area contributed by atoms with Gasteiger partial charge < -0.3 is 0 Å². The van der Waals surface area contributed by atoms with E-state index in [1.165, 1.54) is 36.4 Å². The number of halogens is 2. The van der Waals surface area contributed by atoms with Crippen molar-refractivity contribution in [3.05, 3.63) is 64.4 Å². The van der Waals surface area contributed by atoms with Crippen molar-refractivity contribution >= 4 is 31.9 Å². The maximum Gasteiger partial charge on any atom is 0.267 e. The summed E-state index contributed by atoms with van der Waals surface area (Å²) in [4.78, 5) is 11.8. The lowest BCUT2D eigenvalue weighted by molar-refractivity contribution is 0.0977. The standard InChI is InChI=1S/C13H9BrFNO3S/c14-9-6-7-11(12(15)8-9)13(17)16-20(18,19)10-4-2-1-3-5-10/h1-8H,(H,16,17). The van der Waals surface area contributed by atoms with Crippen molar-refractivity contribution in [1.82, 2.24) is 4.72 Å². The van der Waals surface area contributed by atoms with E-state index in [0.29, 0.717) is 4.47 Å². The summed E-state index contributed by atoms with van der Waals surface area (Å²) in [6, 6.07) is 11.1. The summed E-state index contributed by atoms with van der Waals surface area (Å²) in [6.45, 7) is 0. The van der Waals surface area contributed by atoms with Crippen LogP contribution in [0.3, 0.4) is 0 Å². The molecule has 0 atom stereocenters. The minimum atomic E-state index is -4.01. The summed E-state index contributed by atoms with van der Waals surface area (Å²) < 4.78 is 39.7. The highest BCUT2D eigenvalue weighted by Gasteiger charge is 2.20. The molecule has 104 valence electrons. The maximum absolute atomic E-state index is 13.6. The molecule has 0 aliphatic heterocycles. The molecule has 4 nitrogen and oxygen atoms in total. The van der Waals surface area contributed by atoms with E-state index >= 15 is 0 Å². The molecule has 7 heteroatoms. The zero-order valence-electron chi connectivity index (χ0n) is 10.0. The molecule has 0 saturated heterocycles. The molecule has 0 fully saturated rings. The summed E-state index contributed by atoms with van der Waals surface area (Å²) in [5, 5.41) is 0. The topological polar surface area (TPSA) is 63.2 Å². The molecule has 0 aliphatic rings. The van der Waals surface area contributed by atoms with Crippen molar-refractivity contribution in [2.45, 2.75) is 4.90 Å². The molecule has 0 aliphatic carbocycles. The smallest absolute Gasteiger partial charge is 0.267 e. The molecule has 2 aromatic carbocycles. The summed E-state index contributed by atoms with van der Waals surface area (Å²) >= 11 is 3.05. The predicted octanol–water partition coefficient (Wildman–Crippen LogP) is 2.71. The van der Waals surface area contributed by atoms with Crippen molar-refractivity contribution in [3.63, 3.8) is 0 Å². The van der Waals surface area contributed by atoms with E-state index in [2.05, 4.69) is 15.9 Å². The van der Waals surface area contributed by atoms with Crippen LogP contribution in [0.5, 0.6) is 0 Å². The molecule has 1 N–H and O–H groups in total. The molecule has 0 radical (unpaired) electrons. The number of hydrogen-bond donors (Lipinski definition) is 1. The Morgan fingerprint density at radius 2 is 1.75 bits per heavy atom. The fourth-order valence-electron chi connectivity index (χ4n) is 1.51. The first-order valence-corrected chi connectivity index (χ1v) is 7.75. The number of amides is 1. The van der Waals surface area contributed by atoms with Crippen LogP contribution in [-0.2, 0) is 10.0 Å². The number of carbonyl (C=O) groups excluding carboxylic acids is 1. The number of rotatable bonds is 3. The van der Waals surface area contributed by atoms with Crippen molar-refractivity contribution in [3.8, 4) is 0 Å². The third kappa shape index (κ3) is 3.23. The van der Waals surface area contributed by atoms with Gasteiger partial charge in [-0.15, -0.1) is 0 Å². The van der Waals surface area contributed by atoms with Gasteiger partial charge in [0.05, 0.1) is 10.5 Å². The zero-order valence-corrected chi connectivity index (χ0v) is 12.4.